The molecule has 198 valence electrons. The van der Waals surface area contributed by atoms with Crippen LogP contribution in [0.25, 0.3) is 0 Å². The summed E-state index contributed by atoms with van der Waals surface area (Å²) in [6.45, 7) is 5.42. The lowest BCUT2D eigenvalue weighted by atomic mass is 9.98. The van der Waals surface area contributed by atoms with Crippen LogP contribution in [0.4, 0.5) is 4.39 Å². The molecule has 6 atom stereocenters. The Bertz CT molecular complexity index is 1220. The fourth-order valence-electron chi connectivity index (χ4n) is 3.47. The number of aliphatic hydroxyl groups is 1. The number of para-hydroxylation sites is 1. The molecule has 0 saturated carbocycles. The van der Waals surface area contributed by atoms with Crippen molar-refractivity contribution in [1.82, 2.24) is 14.6 Å². The minimum atomic E-state index is -4.24. The number of ether oxygens (including phenoxy) is 1. The number of aromatic nitrogens is 2. The molecule has 2 heterocycles. The van der Waals surface area contributed by atoms with Crippen LogP contribution in [0.1, 0.15) is 33.1 Å². The molecule has 0 spiro atoms. The molecule has 2 aromatic rings. The van der Waals surface area contributed by atoms with Crippen molar-refractivity contribution < 1.29 is 32.6 Å². The minimum Gasteiger partial charge on any atom is -0.462 e. The van der Waals surface area contributed by atoms with E-state index in [2.05, 4.69) is 10.1 Å². The average molecular weight is 546 g/mol. The third-order valence-electron chi connectivity index (χ3n) is 5.26. The summed E-state index contributed by atoms with van der Waals surface area (Å²) >= 11 is 0.874. The van der Waals surface area contributed by atoms with Gasteiger partial charge in [-0.3, -0.25) is 23.7 Å². The maximum atomic E-state index is 15.5. The molecule has 3 rings (SSSR count). The van der Waals surface area contributed by atoms with Crippen LogP contribution in [0, 0.1) is 0 Å². The molecular formula is C22H29FN3O8PS. The zero-order valence-electron chi connectivity index (χ0n) is 20.1. The molecule has 0 bridgehead atoms. The lowest BCUT2D eigenvalue weighted by Crippen LogP contribution is -2.43. The van der Waals surface area contributed by atoms with E-state index in [9.17, 15) is 24.1 Å². The van der Waals surface area contributed by atoms with Crippen molar-refractivity contribution in [2.24, 2.45) is 0 Å². The van der Waals surface area contributed by atoms with Crippen LogP contribution in [0.2, 0.25) is 0 Å². The molecule has 36 heavy (non-hydrogen) atoms. The van der Waals surface area contributed by atoms with Gasteiger partial charge in [0.05, 0.1) is 18.0 Å². The number of carbonyl (C=O) groups excluding carboxylic acids is 1. The molecule has 0 radical (unpaired) electrons. The fourth-order valence-corrected chi connectivity index (χ4v) is 6.68. The number of carbonyl (C=O) groups is 1. The van der Waals surface area contributed by atoms with Crippen LogP contribution in [0.15, 0.2) is 52.2 Å². The van der Waals surface area contributed by atoms with E-state index >= 15 is 4.39 Å². The fraction of sp³-hybridized carbons (Fsp3) is 0.500. The lowest BCUT2D eigenvalue weighted by Gasteiger charge is -2.26. The Labute approximate surface area is 210 Å². The predicted octanol–water partition coefficient (Wildman–Crippen LogP) is 2.37. The Kier molecular flexibility index (Phi) is 8.84. The quantitative estimate of drug-likeness (QED) is 0.300. The van der Waals surface area contributed by atoms with Crippen LogP contribution in [0.5, 0.6) is 5.75 Å². The second-order valence-corrected chi connectivity index (χ2v) is 11.7. The molecule has 1 aromatic carbocycles. The Morgan fingerprint density at radius 3 is 2.56 bits per heavy atom. The zero-order chi connectivity index (χ0) is 26.7. The maximum Gasteiger partial charge on any atom is 0.459 e. The number of nitrogens with one attached hydrogen (secondary N) is 2. The summed E-state index contributed by atoms with van der Waals surface area (Å²) in [5, 5.41) is 11.0. The standard InChI is InChI=1S/C22H29FN3O8PS/c1-13(2)33-19(29)14(3)25-35(31,34-15-8-6-5-7-9-15)32-12-16-18(28)22(4,23)20(36-16)26-11-10-17(27)24-21(26)30/h5-11,13-14,16,18,20,28H,12H2,1-4H3,(H,25,31)(H,24,27,30)/t14-,16-,18-,20-,22-,35+/m1/s1. The molecule has 1 aliphatic heterocycles. The Balaban J connectivity index is 1.80. The highest BCUT2D eigenvalue weighted by Gasteiger charge is 2.55. The van der Waals surface area contributed by atoms with Gasteiger partial charge in [0.1, 0.15) is 23.3 Å². The molecule has 0 unspecified atom stereocenters. The number of thioether (sulfide) groups is 1. The van der Waals surface area contributed by atoms with Gasteiger partial charge in [0, 0.05) is 12.3 Å². The second-order valence-electron chi connectivity index (χ2n) is 8.67. The number of esters is 1. The largest absolute Gasteiger partial charge is 0.462 e. The van der Waals surface area contributed by atoms with Gasteiger partial charge in [-0.05, 0) is 39.8 Å². The molecule has 1 saturated heterocycles. The van der Waals surface area contributed by atoms with E-state index in [1.165, 1.54) is 19.1 Å². The topological polar surface area (TPSA) is 149 Å². The van der Waals surface area contributed by atoms with E-state index in [1.54, 1.807) is 32.0 Å². The highest BCUT2D eigenvalue weighted by Crippen LogP contribution is 2.52. The smallest absolute Gasteiger partial charge is 0.459 e. The average Bonchev–Trinajstić information content (AvgIpc) is 3.01. The first kappa shape index (κ1) is 28.1. The molecule has 0 aliphatic carbocycles. The Morgan fingerprint density at radius 1 is 1.28 bits per heavy atom. The summed E-state index contributed by atoms with van der Waals surface area (Å²) in [5.74, 6) is -0.500. The number of aromatic amines is 1. The van der Waals surface area contributed by atoms with E-state index in [-0.39, 0.29) is 5.75 Å². The summed E-state index contributed by atoms with van der Waals surface area (Å²) in [5.41, 5.74) is -3.78. The lowest BCUT2D eigenvalue weighted by molar-refractivity contribution is -0.149. The summed E-state index contributed by atoms with van der Waals surface area (Å²) in [6, 6.07) is 8.07. The SMILES string of the molecule is CC(C)OC(=O)[C@@H](C)N[P@](=O)(OC[C@H]1S[C@@H](n2ccc(=O)[nH]c2=O)[C@](C)(F)[C@@H]1O)Oc1ccccc1. The van der Waals surface area contributed by atoms with Gasteiger partial charge in [-0.1, -0.05) is 18.2 Å². The first-order chi connectivity index (χ1) is 16.8. The van der Waals surface area contributed by atoms with Crippen molar-refractivity contribution in [3.05, 3.63) is 63.4 Å². The predicted molar refractivity (Wildman–Crippen MR) is 132 cm³/mol. The molecule has 3 N–H and O–H groups in total. The number of aliphatic hydroxyl groups excluding tert-OH is 1. The van der Waals surface area contributed by atoms with Crippen molar-refractivity contribution >= 4 is 25.5 Å². The number of H-pyrrole nitrogens is 1. The van der Waals surface area contributed by atoms with Gasteiger partial charge in [-0.15, -0.1) is 11.8 Å². The van der Waals surface area contributed by atoms with Crippen LogP contribution in [-0.2, 0) is 18.6 Å². The van der Waals surface area contributed by atoms with E-state index in [0.717, 1.165) is 35.5 Å². The number of rotatable bonds is 10. The summed E-state index contributed by atoms with van der Waals surface area (Å²) < 4.78 is 46.4. The van der Waals surface area contributed by atoms with Crippen LogP contribution in [0.3, 0.4) is 0 Å². The van der Waals surface area contributed by atoms with E-state index in [1.807, 2.05) is 0 Å². The molecule has 14 heteroatoms. The normalized spacial score (nSPS) is 26.4. The van der Waals surface area contributed by atoms with Crippen LogP contribution in [-0.4, -0.2) is 56.4 Å². The van der Waals surface area contributed by atoms with Gasteiger partial charge in [0.25, 0.3) is 5.56 Å². The third kappa shape index (κ3) is 6.65. The summed E-state index contributed by atoms with van der Waals surface area (Å²) in [6.07, 6.45) is -0.892. The van der Waals surface area contributed by atoms with Crippen molar-refractivity contribution in [2.45, 2.75) is 62.2 Å². The number of hydrogen-bond acceptors (Lipinski definition) is 9. The van der Waals surface area contributed by atoms with Crippen LogP contribution < -0.4 is 20.9 Å². The second kappa shape index (κ2) is 11.3. The summed E-state index contributed by atoms with van der Waals surface area (Å²) in [4.78, 5) is 37.9. The van der Waals surface area contributed by atoms with E-state index in [4.69, 9.17) is 13.8 Å². The first-order valence-electron chi connectivity index (χ1n) is 11.1. The van der Waals surface area contributed by atoms with Gasteiger partial charge in [-0.2, -0.15) is 5.09 Å². The highest BCUT2D eigenvalue weighted by atomic mass is 32.2. The third-order valence-corrected chi connectivity index (χ3v) is 8.59. The van der Waals surface area contributed by atoms with Gasteiger partial charge < -0.3 is 14.4 Å². The number of halogens is 1. The van der Waals surface area contributed by atoms with Crippen molar-refractivity contribution in [2.75, 3.05) is 6.61 Å². The van der Waals surface area contributed by atoms with Gasteiger partial charge in [0.15, 0.2) is 5.67 Å². The molecule has 0 amide bonds. The number of nitrogens with zero attached hydrogens (tertiary/aromatic N) is 1. The minimum absolute atomic E-state index is 0.186. The van der Waals surface area contributed by atoms with Crippen molar-refractivity contribution in [3.8, 4) is 5.75 Å². The first-order valence-corrected chi connectivity index (χ1v) is 13.6. The van der Waals surface area contributed by atoms with Gasteiger partial charge in [0.2, 0.25) is 0 Å². The Hall–Kier alpha value is -2.44. The van der Waals surface area contributed by atoms with E-state index in [0.29, 0.717) is 0 Å². The zero-order valence-corrected chi connectivity index (χ0v) is 21.8. The number of hydrogen-bond donors (Lipinski definition) is 3. The number of benzene rings is 1. The van der Waals surface area contributed by atoms with Crippen molar-refractivity contribution in [3.63, 3.8) is 0 Å². The molecule has 1 aliphatic rings. The molecule has 1 aromatic heterocycles. The molecular weight excluding hydrogens is 516 g/mol. The van der Waals surface area contributed by atoms with E-state index < -0.39 is 66.1 Å². The maximum absolute atomic E-state index is 15.5. The number of alkyl halides is 1. The van der Waals surface area contributed by atoms with Gasteiger partial charge >= 0.3 is 19.4 Å². The molecule has 1 fully saturated rings. The Morgan fingerprint density at radius 2 is 1.94 bits per heavy atom. The van der Waals surface area contributed by atoms with Crippen molar-refractivity contribution in [1.29, 1.82) is 0 Å². The monoisotopic (exact) mass is 545 g/mol. The summed E-state index contributed by atoms with van der Waals surface area (Å²) in [7, 11) is -4.24. The highest BCUT2D eigenvalue weighted by molar-refractivity contribution is 8.00. The molecule has 11 nitrogen and oxygen atoms in total. The van der Waals surface area contributed by atoms with Gasteiger partial charge in [-0.25, -0.2) is 13.8 Å². The van der Waals surface area contributed by atoms with Crippen LogP contribution >= 0.6 is 19.5 Å².